The maximum Gasteiger partial charge on any atom is 0.128 e. The summed E-state index contributed by atoms with van der Waals surface area (Å²) in [5.41, 5.74) is 1.74. The van der Waals surface area contributed by atoms with E-state index in [1.54, 1.807) is 12.1 Å². The molecule has 5 heteroatoms. The van der Waals surface area contributed by atoms with Gasteiger partial charge >= 0.3 is 0 Å². The van der Waals surface area contributed by atoms with Crippen molar-refractivity contribution in [3.63, 3.8) is 0 Å². The first-order valence-corrected chi connectivity index (χ1v) is 9.28. The topological polar surface area (TPSA) is 37.6 Å². The van der Waals surface area contributed by atoms with Crippen LogP contribution in [-0.2, 0) is 17.8 Å². The second-order valence-electron chi connectivity index (χ2n) is 7.18. The molecule has 0 bridgehead atoms. The third-order valence-corrected chi connectivity index (χ3v) is 4.20. The van der Waals surface area contributed by atoms with Gasteiger partial charge in [0.25, 0.3) is 0 Å². The van der Waals surface area contributed by atoms with E-state index >= 15 is 0 Å². The van der Waals surface area contributed by atoms with Crippen LogP contribution in [0.4, 0.5) is 4.39 Å². The van der Waals surface area contributed by atoms with Crippen LogP contribution in [0.2, 0.25) is 0 Å². The van der Waals surface area contributed by atoms with Gasteiger partial charge < -0.3 is 14.4 Å². The molecule has 1 N–H and O–H groups in total. The van der Waals surface area contributed by atoms with E-state index in [4.69, 9.17) is 11.2 Å². The predicted molar refractivity (Wildman–Crippen MR) is 106 cm³/mol. The standard InChI is InChI=1S/C22H29FN2O2/c1-4-12-27-17-21(26)16-24(13-18(2)3)15-20-9-7-11-25(20)14-19-8-5-6-10-22(19)23/h1,5-11,18,21,26H,12-17H2,2-3H3. The van der Waals surface area contributed by atoms with Crippen molar-refractivity contribution in [2.45, 2.75) is 33.0 Å². The highest BCUT2D eigenvalue weighted by molar-refractivity contribution is 5.19. The first kappa shape index (κ1) is 21.2. The number of hydrogen-bond acceptors (Lipinski definition) is 3. The fraction of sp³-hybridized carbons (Fsp3) is 0.455. The monoisotopic (exact) mass is 372 g/mol. The second-order valence-corrected chi connectivity index (χ2v) is 7.18. The molecule has 27 heavy (non-hydrogen) atoms. The molecule has 0 aliphatic heterocycles. The van der Waals surface area contributed by atoms with Crippen LogP contribution >= 0.6 is 0 Å². The maximum absolute atomic E-state index is 14.0. The van der Waals surface area contributed by atoms with Crippen LogP contribution in [0.1, 0.15) is 25.1 Å². The lowest BCUT2D eigenvalue weighted by Gasteiger charge is -2.27. The summed E-state index contributed by atoms with van der Waals surface area (Å²) in [6.07, 6.45) is 6.52. The molecule has 4 nitrogen and oxygen atoms in total. The van der Waals surface area contributed by atoms with Gasteiger partial charge in [-0.2, -0.15) is 0 Å². The van der Waals surface area contributed by atoms with Gasteiger partial charge in [-0.05, 0) is 24.1 Å². The molecule has 0 aliphatic carbocycles. The Labute approximate surface area is 161 Å². The molecule has 1 aromatic carbocycles. The highest BCUT2D eigenvalue weighted by Crippen LogP contribution is 2.14. The van der Waals surface area contributed by atoms with Crippen molar-refractivity contribution in [2.75, 3.05) is 26.3 Å². The van der Waals surface area contributed by atoms with Crippen LogP contribution in [0.5, 0.6) is 0 Å². The van der Waals surface area contributed by atoms with Crippen LogP contribution in [0.25, 0.3) is 0 Å². The first-order valence-electron chi connectivity index (χ1n) is 9.28. The van der Waals surface area contributed by atoms with E-state index in [2.05, 4.69) is 24.7 Å². The minimum Gasteiger partial charge on any atom is -0.389 e. The Morgan fingerprint density at radius 3 is 2.70 bits per heavy atom. The van der Waals surface area contributed by atoms with Crippen molar-refractivity contribution in [1.29, 1.82) is 0 Å². The molecule has 1 atom stereocenters. The van der Waals surface area contributed by atoms with Crippen molar-refractivity contribution in [2.24, 2.45) is 5.92 Å². The molecule has 2 aromatic rings. The highest BCUT2D eigenvalue weighted by Gasteiger charge is 2.16. The molecule has 1 unspecified atom stereocenters. The Morgan fingerprint density at radius 1 is 1.22 bits per heavy atom. The fourth-order valence-corrected chi connectivity index (χ4v) is 3.11. The molecule has 0 radical (unpaired) electrons. The van der Waals surface area contributed by atoms with E-state index in [0.29, 0.717) is 31.1 Å². The molecule has 1 aromatic heterocycles. The summed E-state index contributed by atoms with van der Waals surface area (Å²) >= 11 is 0. The van der Waals surface area contributed by atoms with Crippen LogP contribution in [0.15, 0.2) is 42.6 Å². The number of hydrogen-bond donors (Lipinski definition) is 1. The maximum atomic E-state index is 14.0. The highest BCUT2D eigenvalue weighted by atomic mass is 19.1. The Kier molecular flexibility index (Phi) is 8.53. The quantitative estimate of drug-likeness (QED) is 0.486. The minimum atomic E-state index is -0.605. The van der Waals surface area contributed by atoms with Crippen molar-refractivity contribution in [3.05, 3.63) is 59.7 Å². The number of aromatic nitrogens is 1. The Morgan fingerprint density at radius 2 is 2.00 bits per heavy atom. The summed E-state index contributed by atoms with van der Waals surface area (Å²) in [4.78, 5) is 2.20. The van der Waals surface area contributed by atoms with Gasteiger partial charge in [0, 0.05) is 37.1 Å². The van der Waals surface area contributed by atoms with Crippen molar-refractivity contribution < 1.29 is 14.2 Å². The molecule has 0 spiro atoms. The number of aliphatic hydroxyl groups excluding tert-OH is 1. The van der Waals surface area contributed by atoms with Crippen LogP contribution < -0.4 is 0 Å². The smallest absolute Gasteiger partial charge is 0.128 e. The second kappa shape index (κ2) is 10.9. The normalized spacial score (nSPS) is 12.5. The molecule has 1 heterocycles. The molecule has 0 saturated heterocycles. The average molecular weight is 372 g/mol. The molecule has 2 rings (SSSR count). The fourth-order valence-electron chi connectivity index (χ4n) is 3.11. The number of nitrogens with zero attached hydrogens (tertiary/aromatic N) is 2. The number of rotatable bonds is 11. The summed E-state index contributed by atoms with van der Waals surface area (Å²) < 4.78 is 21.3. The Hall–Kier alpha value is -2.13. The summed E-state index contributed by atoms with van der Waals surface area (Å²) in [5.74, 6) is 2.66. The zero-order valence-electron chi connectivity index (χ0n) is 16.1. The SMILES string of the molecule is C#CCOCC(O)CN(Cc1cccn1Cc1ccccc1F)CC(C)C. The minimum absolute atomic E-state index is 0.197. The molecule has 0 amide bonds. The molecule has 0 aliphatic rings. The lowest BCUT2D eigenvalue weighted by Crippen LogP contribution is -2.37. The van der Waals surface area contributed by atoms with E-state index in [0.717, 1.165) is 12.2 Å². The van der Waals surface area contributed by atoms with Gasteiger partial charge in [-0.3, -0.25) is 4.90 Å². The number of halogens is 1. The van der Waals surface area contributed by atoms with E-state index < -0.39 is 6.10 Å². The number of ether oxygens (including phenoxy) is 1. The van der Waals surface area contributed by atoms with Crippen LogP contribution in [0.3, 0.4) is 0 Å². The van der Waals surface area contributed by atoms with Crippen molar-refractivity contribution in [1.82, 2.24) is 9.47 Å². The van der Waals surface area contributed by atoms with E-state index in [-0.39, 0.29) is 19.0 Å². The molecular formula is C22H29FN2O2. The summed E-state index contributed by atoms with van der Waals surface area (Å²) in [7, 11) is 0. The number of aliphatic hydroxyl groups is 1. The summed E-state index contributed by atoms with van der Waals surface area (Å²) in [5, 5.41) is 10.2. The number of terminal acetylenes is 1. The van der Waals surface area contributed by atoms with Gasteiger partial charge in [-0.15, -0.1) is 6.42 Å². The molecule has 0 fully saturated rings. The first-order chi connectivity index (χ1) is 13.0. The molecule has 0 saturated carbocycles. The Bertz CT molecular complexity index is 736. The lowest BCUT2D eigenvalue weighted by atomic mass is 10.2. The number of benzene rings is 1. The van der Waals surface area contributed by atoms with Crippen molar-refractivity contribution >= 4 is 0 Å². The summed E-state index contributed by atoms with van der Waals surface area (Å²) in [6.45, 7) is 7.20. The zero-order chi connectivity index (χ0) is 19.6. The van der Waals surface area contributed by atoms with E-state index in [1.165, 1.54) is 6.07 Å². The van der Waals surface area contributed by atoms with Crippen LogP contribution in [-0.4, -0.2) is 47.0 Å². The van der Waals surface area contributed by atoms with E-state index in [1.807, 2.05) is 29.0 Å². The predicted octanol–water partition coefficient (Wildman–Crippen LogP) is 3.14. The summed E-state index contributed by atoms with van der Waals surface area (Å²) in [6, 6.07) is 10.8. The van der Waals surface area contributed by atoms with Gasteiger partial charge in [0.15, 0.2) is 0 Å². The van der Waals surface area contributed by atoms with Gasteiger partial charge in [-0.1, -0.05) is 38.0 Å². The zero-order valence-corrected chi connectivity index (χ0v) is 16.1. The average Bonchev–Trinajstić information content (AvgIpc) is 3.03. The van der Waals surface area contributed by atoms with Gasteiger partial charge in [0.2, 0.25) is 0 Å². The van der Waals surface area contributed by atoms with Crippen molar-refractivity contribution in [3.8, 4) is 12.3 Å². The van der Waals surface area contributed by atoms with Gasteiger partial charge in [0.05, 0.1) is 19.3 Å². The van der Waals surface area contributed by atoms with Crippen LogP contribution in [0, 0.1) is 24.1 Å². The molecule has 146 valence electrons. The lowest BCUT2D eigenvalue weighted by molar-refractivity contribution is 0.0233. The third kappa shape index (κ3) is 7.18. The van der Waals surface area contributed by atoms with Gasteiger partial charge in [-0.25, -0.2) is 4.39 Å². The molecular weight excluding hydrogens is 343 g/mol. The largest absolute Gasteiger partial charge is 0.389 e. The third-order valence-electron chi connectivity index (χ3n) is 4.20. The Balaban J connectivity index is 2.03. The van der Waals surface area contributed by atoms with Gasteiger partial charge in [0.1, 0.15) is 12.4 Å². The van der Waals surface area contributed by atoms with E-state index in [9.17, 15) is 9.50 Å².